The molecule has 0 bridgehead atoms. The number of phenolic OH excluding ortho intramolecular Hbond substituents is 1. The van der Waals surface area contributed by atoms with Gasteiger partial charge in [0.2, 0.25) is 5.91 Å². The summed E-state index contributed by atoms with van der Waals surface area (Å²) >= 11 is 6.54. The van der Waals surface area contributed by atoms with E-state index in [9.17, 15) is 9.90 Å². The van der Waals surface area contributed by atoms with Crippen molar-refractivity contribution in [3.63, 3.8) is 0 Å². The van der Waals surface area contributed by atoms with E-state index in [0.717, 1.165) is 16.7 Å². The van der Waals surface area contributed by atoms with Crippen molar-refractivity contribution in [3.05, 3.63) is 106 Å². The topological polar surface area (TPSA) is 91.5 Å². The molecule has 0 aliphatic rings. The Morgan fingerprint density at radius 1 is 1.09 bits per heavy atom. The Hall–Kier alpha value is -3.45. The quantitative estimate of drug-likeness (QED) is 0.352. The standard InChI is InChI=1S/C27H27ClN4O2/c1-32(16-19-6-3-2-4-7-19)17-24(33)31-25(20-11-9-18(15-29)10-12-20)22-14-23(28)21-8-5-13-30-26(21)27(22)34/h2-14,25,34H,15-17,29H2,1H3,(H,31,33). The smallest absolute Gasteiger partial charge is 0.234 e. The van der Waals surface area contributed by atoms with Crippen molar-refractivity contribution in [2.45, 2.75) is 19.1 Å². The van der Waals surface area contributed by atoms with Gasteiger partial charge < -0.3 is 16.2 Å². The first-order valence-corrected chi connectivity index (χ1v) is 11.4. The summed E-state index contributed by atoms with van der Waals surface area (Å²) in [6, 6.07) is 22.2. The maximum absolute atomic E-state index is 13.1. The highest BCUT2D eigenvalue weighted by atomic mass is 35.5. The van der Waals surface area contributed by atoms with Crippen LogP contribution in [-0.2, 0) is 17.9 Å². The number of nitrogens with two attached hydrogens (primary N) is 1. The van der Waals surface area contributed by atoms with E-state index in [1.54, 1.807) is 24.4 Å². The molecule has 0 spiro atoms. The molecule has 1 heterocycles. The fourth-order valence-corrected chi connectivity index (χ4v) is 4.29. The number of nitrogens with one attached hydrogen (secondary N) is 1. The predicted molar refractivity (Wildman–Crippen MR) is 136 cm³/mol. The molecule has 0 saturated carbocycles. The monoisotopic (exact) mass is 474 g/mol. The van der Waals surface area contributed by atoms with Crippen LogP contribution in [0.3, 0.4) is 0 Å². The highest BCUT2D eigenvalue weighted by Gasteiger charge is 2.24. The summed E-state index contributed by atoms with van der Waals surface area (Å²) in [4.78, 5) is 19.3. The summed E-state index contributed by atoms with van der Waals surface area (Å²) < 4.78 is 0. The van der Waals surface area contributed by atoms with Crippen LogP contribution in [0.2, 0.25) is 5.02 Å². The van der Waals surface area contributed by atoms with Gasteiger partial charge in [-0.3, -0.25) is 14.7 Å². The van der Waals surface area contributed by atoms with E-state index in [1.807, 2.05) is 66.5 Å². The number of hydrogen-bond acceptors (Lipinski definition) is 5. The maximum Gasteiger partial charge on any atom is 0.234 e. The number of rotatable bonds is 8. The molecule has 1 amide bonds. The van der Waals surface area contributed by atoms with Gasteiger partial charge in [0.25, 0.3) is 0 Å². The Morgan fingerprint density at radius 3 is 2.53 bits per heavy atom. The number of carbonyl (C=O) groups is 1. The lowest BCUT2D eigenvalue weighted by Gasteiger charge is -2.24. The second kappa shape index (κ2) is 10.7. The molecule has 174 valence electrons. The Balaban J connectivity index is 1.64. The largest absolute Gasteiger partial charge is 0.505 e. The van der Waals surface area contributed by atoms with Crippen LogP contribution in [0.4, 0.5) is 0 Å². The van der Waals surface area contributed by atoms with Crippen molar-refractivity contribution >= 4 is 28.4 Å². The number of aromatic hydroxyl groups is 1. The molecule has 34 heavy (non-hydrogen) atoms. The van der Waals surface area contributed by atoms with Gasteiger partial charge in [0.05, 0.1) is 17.6 Å². The molecule has 4 N–H and O–H groups in total. The zero-order valence-electron chi connectivity index (χ0n) is 18.9. The van der Waals surface area contributed by atoms with E-state index in [-0.39, 0.29) is 18.2 Å². The third-order valence-electron chi connectivity index (χ3n) is 5.72. The molecule has 0 fully saturated rings. The number of hydrogen-bond donors (Lipinski definition) is 3. The van der Waals surface area contributed by atoms with Crippen LogP contribution in [-0.4, -0.2) is 34.5 Å². The lowest BCUT2D eigenvalue weighted by molar-refractivity contribution is -0.122. The van der Waals surface area contributed by atoms with E-state index in [1.165, 1.54) is 0 Å². The fourth-order valence-electron chi connectivity index (χ4n) is 4.02. The Morgan fingerprint density at radius 2 is 1.82 bits per heavy atom. The zero-order chi connectivity index (χ0) is 24.1. The summed E-state index contributed by atoms with van der Waals surface area (Å²) in [7, 11) is 1.89. The van der Waals surface area contributed by atoms with E-state index in [2.05, 4.69) is 10.3 Å². The SMILES string of the molecule is CN(CC(=O)NC(c1ccc(CN)cc1)c1cc(Cl)c2cccnc2c1O)Cc1ccccc1. The van der Waals surface area contributed by atoms with Gasteiger partial charge in [-0.1, -0.05) is 66.2 Å². The highest BCUT2D eigenvalue weighted by Crippen LogP contribution is 2.38. The Bertz CT molecular complexity index is 1280. The van der Waals surface area contributed by atoms with E-state index < -0.39 is 6.04 Å². The molecule has 0 saturated heterocycles. The van der Waals surface area contributed by atoms with Gasteiger partial charge in [-0.15, -0.1) is 0 Å². The number of benzene rings is 3. The lowest BCUT2D eigenvalue weighted by atomic mass is 9.95. The summed E-state index contributed by atoms with van der Waals surface area (Å²) in [5.74, 6) is -0.186. The van der Waals surface area contributed by atoms with Gasteiger partial charge in [0, 0.05) is 30.2 Å². The van der Waals surface area contributed by atoms with Gasteiger partial charge >= 0.3 is 0 Å². The zero-order valence-corrected chi connectivity index (χ0v) is 19.7. The lowest BCUT2D eigenvalue weighted by Crippen LogP contribution is -2.37. The molecular formula is C27H27ClN4O2. The molecule has 1 aromatic heterocycles. The summed E-state index contributed by atoms with van der Waals surface area (Å²) in [6.45, 7) is 1.24. The predicted octanol–water partition coefficient (Wildman–Crippen LogP) is 4.39. The Kier molecular flexibility index (Phi) is 7.43. The van der Waals surface area contributed by atoms with Crippen LogP contribution in [0.1, 0.15) is 28.3 Å². The molecule has 0 radical (unpaired) electrons. The van der Waals surface area contributed by atoms with Gasteiger partial charge in [-0.05, 0) is 41.9 Å². The van der Waals surface area contributed by atoms with E-state index in [0.29, 0.717) is 34.6 Å². The van der Waals surface area contributed by atoms with Crippen LogP contribution in [0, 0.1) is 0 Å². The number of pyridine rings is 1. The average molecular weight is 475 g/mol. The second-order valence-corrected chi connectivity index (χ2v) is 8.71. The van der Waals surface area contributed by atoms with Gasteiger partial charge in [-0.2, -0.15) is 0 Å². The van der Waals surface area contributed by atoms with Crippen LogP contribution < -0.4 is 11.1 Å². The van der Waals surface area contributed by atoms with Crippen molar-refractivity contribution in [2.24, 2.45) is 5.73 Å². The van der Waals surface area contributed by atoms with Crippen LogP contribution in [0.15, 0.2) is 79.0 Å². The van der Waals surface area contributed by atoms with Gasteiger partial charge in [-0.25, -0.2) is 0 Å². The number of nitrogens with zero attached hydrogens (tertiary/aromatic N) is 2. The molecule has 4 rings (SSSR count). The number of halogens is 1. The van der Waals surface area contributed by atoms with Crippen molar-refractivity contribution in [3.8, 4) is 5.75 Å². The molecule has 7 heteroatoms. The van der Waals surface area contributed by atoms with Crippen molar-refractivity contribution < 1.29 is 9.90 Å². The molecule has 1 atom stereocenters. The Labute approximate surface area is 204 Å². The van der Waals surface area contributed by atoms with E-state index >= 15 is 0 Å². The van der Waals surface area contributed by atoms with Crippen LogP contribution in [0.25, 0.3) is 10.9 Å². The minimum absolute atomic E-state index is 0.00848. The molecule has 1 unspecified atom stereocenters. The number of aromatic nitrogens is 1. The molecule has 0 aliphatic heterocycles. The average Bonchev–Trinajstić information content (AvgIpc) is 2.85. The number of fused-ring (bicyclic) bond motifs is 1. The normalized spacial score (nSPS) is 12.1. The van der Waals surface area contributed by atoms with Gasteiger partial charge in [0.15, 0.2) is 0 Å². The number of amides is 1. The fraction of sp³-hybridized carbons (Fsp3) is 0.185. The van der Waals surface area contributed by atoms with E-state index in [4.69, 9.17) is 17.3 Å². The number of likely N-dealkylation sites (N-methyl/N-ethyl adjacent to an activating group) is 1. The van der Waals surface area contributed by atoms with Crippen molar-refractivity contribution in [1.82, 2.24) is 15.2 Å². The van der Waals surface area contributed by atoms with Crippen molar-refractivity contribution in [1.29, 1.82) is 0 Å². The van der Waals surface area contributed by atoms with Crippen molar-refractivity contribution in [2.75, 3.05) is 13.6 Å². The molecular weight excluding hydrogens is 448 g/mol. The van der Waals surface area contributed by atoms with Gasteiger partial charge in [0.1, 0.15) is 11.3 Å². The first-order valence-electron chi connectivity index (χ1n) is 11.0. The third kappa shape index (κ3) is 5.37. The summed E-state index contributed by atoms with van der Waals surface area (Å²) in [6.07, 6.45) is 1.60. The highest BCUT2D eigenvalue weighted by molar-refractivity contribution is 6.35. The van der Waals surface area contributed by atoms with Crippen LogP contribution >= 0.6 is 11.6 Å². The number of carbonyl (C=O) groups excluding carboxylic acids is 1. The third-order valence-corrected chi connectivity index (χ3v) is 6.03. The molecule has 6 nitrogen and oxygen atoms in total. The minimum Gasteiger partial charge on any atom is -0.505 e. The number of phenols is 1. The molecule has 3 aromatic carbocycles. The molecule has 0 aliphatic carbocycles. The summed E-state index contributed by atoms with van der Waals surface area (Å²) in [5.41, 5.74) is 9.52. The summed E-state index contributed by atoms with van der Waals surface area (Å²) in [5, 5.41) is 15.3. The second-order valence-electron chi connectivity index (χ2n) is 8.30. The maximum atomic E-state index is 13.1. The first-order chi connectivity index (χ1) is 16.5. The van der Waals surface area contributed by atoms with Crippen LogP contribution in [0.5, 0.6) is 5.75 Å². The first kappa shape index (κ1) is 23.7. The minimum atomic E-state index is -0.617. The molecule has 4 aromatic rings.